The monoisotopic (exact) mass is 267 g/mol. The van der Waals surface area contributed by atoms with E-state index >= 15 is 0 Å². The molecule has 1 amide bonds. The number of carbonyl (C=O) groups excluding carboxylic acids is 1. The maximum Gasteiger partial charge on any atom is 0.335 e. The van der Waals surface area contributed by atoms with E-state index in [1.165, 1.54) is 6.20 Å². The Hall–Kier alpha value is -2.35. The highest BCUT2D eigenvalue weighted by molar-refractivity contribution is 6.99. The number of nitrogens with one attached hydrogen (secondary N) is 1. The molecule has 0 fully saturated rings. The van der Waals surface area contributed by atoms with Gasteiger partial charge in [-0.25, -0.2) is 9.18 Å². The van der Waals surface area contributed by atoms with Gasteiger partial charge in [0.15, 0.2) is 5.69 Å². The second-order valence-electron chi connectivity index (χ2n) is 3.25. The van der Waals surface area contributed by atoms with Crippen molar-refractivity contribution < 1.29 is 19.1 Å². The third kappa shape index (κ3) is 2.48. The van der Waals surface area contributed by atoms with Crippen LogP contribution in [0.2, 0.25) is 0 Å². The summed E-state index contributed by atoms with van der Waals surface area (Å²) in [5, 5.41) is 11.0. The fraction of sp³-hybridized carbons (Fsp3) is 0. The predicted molar refractivity (Wildman–Crippen MR) is 61.2 cm³/mol. The number of amides is 1. The van der Waals surface area contributed by atoms with Crippen LogP contribution in [-0.4, -0.2) is 25.7 Å². The van der Waals surface area contributed by atoms with E-state index in [0.717, 1.165) is 29.9 Å². The summed E-state index contributed by atoms with van der Waals surface area (Å²) in [6, 6.07) is 3.12. The lowest BCUT2D eigenvalue weighted by molar-refractivity contribution is 0.0696. The summed E-state index contributed by atoms with van der Waals surface area (Å²) < 4.78 is 20.7. The molecule has 1 heterocycles. The van der Waals surface area contributed by atoms with Crippen LogP contribution < -0.4 is 5.32 Å². The highest BCUT2D eigenvalue weighted by atomic mass is 32.1. The number of hydrogen-bond donors (Lipinski definition) is 2. The highest BCUT2D eigenvalue weighted by Crippen LogP contribution is 2.17. The van der Waals surface area contributed by atoms with Crippen LogP contribution in [0.25, 0.3) is 0 Å². The highest BCUT2D eigenvalue weighted by Gasteiger charge is 2.13. The molecule has 0 aliphatic rings. The number of aromatic carboxylic acids is 1. The number of aromatic nitrogens is 2. The van der Waals surface area contributed by atoms with Crippen LogP contribution in [-0.2, 0) is 0 Å². The van der Waals surface area contributed by atoms with Gasteiger partial charge in [-0.05, 0) is 18.2 Å². The Kier molecular flexibility index (Phi) is 3.28. The maximum absolute atomic E-state index is 13.4. The van der Waals surface area contributed by atoms with Gasteiger partial charge in [0, 0.05) is 0 Å². The summed E-state index contributed by atoms with van der Waals surface area (Å²) in [4.78, 5) is 22.3. The number of carboxylic acid groups (broad SMARTS) is 1. The summed E-state index contributed by atoms with van der Waals surface area (Å²) in [6.45, 7) is 0. The van der Waals surface area contributed by atoms with Gasteiger partial charge in [-0.1, -0.05) is 0 Å². The molecule has 18 heavy (non-hydrogen) atoms. The first-order valence-corrected chi connectivity index (χ1v) is 5.42. The number of carbonyl (C=O) groups is 2. The molecule has 1 aromatic heterocycles. The number of hydrogen-bond acceptors (Lipinski definition) is 5. The van der Waals surface area contributed by atoms with E-state index in [4.69, 9.17) is 5.11 Å². The quantitative estimate of drug-likeness (QED) is 0.881. The minimum absolute atomic E-state index is 0.0418. The molecule has 0 spiro atoms. The lowest BCUT2D eigenvalue weighted by Crippen LogP contribution is -2.14. The Labute approximate surface area is 104 Å². The zero-order valence-electron chi connectivity index (χ0n) is 8.75. The molecule has 0 unspecified atom stereocenters. The molecule has 0 bridgehead atoms. The van der Waals surface area contributed by atoms with Crippen molar-refractivity contribution in [2.75, 3.05) is 5.32 Å². The van der Waals surface area contributed by atoms with Crippen molar-refractivity contribution in [3.8, 4) is 0 Å². The van der Waals surface area contributed by atoms with Crippen molar-refractivity contribution in [3.63, 3.8) is 0 Å². The molecule has 0 radical (unpaired) electrons. The minimum atomic E-state index is -1.21. The van der Waals surface area contributed by atoms with E-state index in [9.17, 15) is 14.0 Å². The first-order valence-electron chi connectivity index (χ1n) is 4.69. The zero-order chi connectivity index (χ0) is 13.1. The second-order valence-corrected chi connectivity index (χ2v) is 3.80. The second kappa shape index (κ2) is 4.88. The molecular formula is C10H6FN3O3S. The fourth-order valence-electron chi connectivity index (χ4n) is 1.21. The van der Waals surface area contributed by atoms with Crippen LogP contribution in [0.15, 0.2) is 24.4 Å². The van der Waals surface area contributed by atoms with Crippen molar-refractivity contribution in [2.24, 2.45) is 0 Å². The van der Waals surface area contributed by atoms with Gasteiger partial charge in [0.25, 0.3) is 5.91 Å². The average Bonchev–Trinajstić information content (AvgIpc) is 2.85. The molecule has 0 aliphatic carbocycles. The van der Waals surface area contributed by atoms with Gasteiger partial charge in [-0.2, -0.15) is 8.75 Å². The van der Waals surface area contributed by atoms with Crippen molar-refractivity contribution in [1.29, 1.82) is 0 Å². The van der Waals surface area contributed by atoms with Gasteiger partial charge in [0.2, 0.25) is 0 Å². The molecular weight excluding hydrogens is 261 g/mol. The summed E-state index contributed by atoms with van der Waals surface area (Å²) in [6.07, 6.45) is 1.24. The van der Waals surface area contributed by atoms with Gasteiger partial charge in [-0.3, -0.25) is 4.79 Å². The van der Waals surface area contributed by atoms with E-state index < -0.39 is 17.7 Å². The first kappa shape index (κ1) is 12.1. The predicted octanol–water partition coefficient (Wildman–Crippen LogP) is 1.63. The SMILES string of the molecule is O=C(O)c1ccc(F)c(NC(=O)c2cnsn2)c1. The molecule has 0 saturated heterocycles. The fourth-order valence-corrected chi connectivity index (χ4v) is 1.62. The molecule has 2 aromatic rings. The van der Waals surface area contributed by atoms with Crippen LogP contribution in [0, 0.1) is 5.82 Å². The molecule has 92 valence electrons. The standard InChI is InChI=1S/C10H6FN3O3S/c11-6-2-1-5(10(16)17)3-7(6)13-9(15)8-4-12-18-14-8/h1-4H,(H,13,15)(H,16,17). The molecule has 0 aliphatic heterocycles. The van der Waals surface area contributed by atoms with Gasteiger partial charge in [0.1, 0.15) is 5.82 Å². The first-order chi connectivity index (χ1) is 8.58. The van der Waals surface area contributed by atoms with E-state index in [1.807, 2.05) is 0 Å². The number of benzene rings is 1. The van der Waals surface area contributed by atoms with Gasteiger partial charge >= 0.3 is 5.97 Å². The summed E-state index contributed by atoms with van der Waals surface area (Å²) in [5.41, 5.74) is -0.295. The Balaban J connectivity index is 2.26. The Morgan fingerprint density at radius 1 is 1.39 bits per heavy atom. The number of halogens is 1. The van der Waals surface area contributed by atoms with Crippen LogP contribution in [0.5, 0.6) is 0 Å². The van der Waals surface area contributed by atoms with E-state index in [2.05, 4.69) is 14.1 Å². The van der Waals surface area contributed by atoms with Crippen LogP contribution in [0.4, 0.5) is 10.1 Å². The lowest BCUT2D eigenvalue weighted by Gasteiger charge is -2.05. The molecule has 2 rings (SSSR count). The van der Waals surface area contributed by atoms with Gasteiger partial charge < -0.3 is 10.4 Å². The van der Waals surface area contributed by atoms with Crippen LogP contribution in [0.1, 0.15) is 20.8 Å². The van der Waals surface area contributed by atoms with Crippen molar-refractivity contribution in [2.45, 2.75) is 0 Å². The smallest absolute Gasteiger partial charge is 0.335 e. The van der Waals surface area contributed by atoms with E-state index in [1.54, 1.807) is 0 Å². The molecule has 0 atom stereocenters. The van der Waals surface area contributed by atoms with Gasteiger partial charge in [-0.15, -0.1) is 0 Å². The lowest BCUT2D eigenvalue weighted by atomic mass is 10.2. The van der Waals surface area contributed by atoms with E-state index in [0.29, 0.717) is 0 Å². The molecule has 2 N–H and O–H groups in total. The third-order valence-corrected chi connectivity index (χ3v) is 2.53. The van der Waals surface area contributed by atoms with Crippen LogP contribution >= 0.6 is 11.7 Å². The number of rotatable bonds is 3. The summed E-state index contributed by atoms with van der Waals surface area (Å²) in [7, 11) is 0. The third-order valence-electron chi connectivity index (χ3n) is 2.06. The normalized spacial score (nSPS) is 10.1. The molecule has 0 saturated carbocycles. The maximum atomic E-state index is 13.4. The van der Waals surface area contributed by atoms with Crippen LogP contribution in [0.3, 0.4) is 0 Å². The Morgan fingerprint density at radius 2 is 2.17 bits per heavy atom. The largest absolute Gasteiger partial charge is 0.478 e. The van der Waals surface area contributed by atoms with E-state index in [-0.39, 0.29) is 16.9 Å². The Morgan fingerprint density at radius 3 is 2.78 bits per heavy atom. The zero-order valence-corrected chi connectivity index (χ0v) is 9.57. The summed E-state index contributed by atoms with van der Waals surface area (Å²) in [5.74, 6) is -2.58. The molecule has 1 aromatic carbocycles. The minimum Gasteiger partial charge on any atom is -0.478 e. The topological polar surface area (TPSA) is 92.2 Å². The molecule has 8 heteroatoms. The van der Waals surface area contributed by atoms with Crippen molar-refractivity contribution in [3.05, 3.63) is 41.5 Å². The number of carboxylic acids is 1. The number of anilines is 1. The average molecular weight is 267 g/mol. The summed E-state index contributed by atoms with van der Waals surface area (Å²) >= 11 is 0.842. The number of nitrogens with zero attached hydrogens (tertiary/aromatic N) is 2. The van der Waals surface area contributed by atoms with Crippen molar-refractivity contribution >= 4 is 29.3 Å². The van der Waals surface area contributed by atoms with Crippen molar-refractivity contribution in [1.82, 2.24) is 8.75 Å². The Bertz CT molecular complexity index is 600. The molecule has 6 nitrogen and oxygen atoms in total. The van der Waals surface area contributed by atoms with Gasteiger partial charge in [0.05, 0.1) is 29.2 Å².